The highest BCUT2D eigenvalue weighted by Crippen LogP contribution is 2.27. The van der Waals surface area contributed by atoms with Crippen LogP contribution in [0.15, 0.2) is 35.5 Å². The molecule has 0 aliphatic carbocycles. The highest BCUT2D eigenvalue weighted by atomic mass is 32.2. The summed E-state index contributed by atoms with van der Waals surface area (Å²) in [6.07, 6.45) is 3.95. The SMILES string of the molecule is CCn1cc([C@H]2CN(S(=O)(=O)c3ccc4c(c3)C(=O)NCC4)CCO2)cn1. The van der Waals surface area contributed by atoms with Crippen LogP contribution in [-0.2, 0) is 27.7 Å². The molecule has 0 bridgehead atoms. The molecule has 144 valence electrons. The zero-order valence-electron chi connectivity index (χ0n) is 15.1. The summed E-state index contributed by atoms with van der Waals surface area (Å²) in [5.74, 6) is -0.222. The van der Waals surface area contributed by atoms with Crippen LogP contribution in [0.5, 0.6) is 0 Å². The van der Waals surface area contributed by atoms with Crippen molar-refractivity contribution in [1.29, 1.82) is 0 Å². The zero-order chi connectivity index (χ0) is 19.0. The average molecular weight is 390 g/mol. The van der Waals surface area contributed by atoms with E-state index >= 15 is 0 Å². The summed E-state index contributed by atoms with van der Waals surface area (Å²) < 4.78 is 35.2. The zero-order valence-corrected chi connectivity index (χ0v) is 15.9. The van der Waals surface area contributed by atoms with E-state index in [0.717, 1.165) is 17.7 Å². The first-order chi connectivity index (χ1) is 13.0. The second kappa shape index (κ2) is 7.06. The molecule has 27 heavy (non-hydrogen) atoms. The Morgan fingerprint density at radius 2 is 2.22 bits per heavy atom. The summed E-state index contributed by atoms with van der Waals surface area (Å²) >= 11 is 0. The molecule has 1 amide bonds. The molecular formula is C18H22N4O4S. The van der Waals surface area contributed by atoms with Gasteiger partial charge in [-0.2, -0.15) is 9.40 Å². The molecule has 0 saturated carbocycles. The lowest BCUT2D eigenvalue weighted by Gasteiger charge is -2.32. The largest absolute Gasteiger partial charge is 0.371 e. The van der Waals surface area contributed by atoms with Crippen molar-refractivity contribution in [2.45, 2.75) is 30.9 Å². The molecule has 1 aromatic heterocycles. The first kappa shape index (κ1) is 18.1. The molecule has 1 saturated heterocycles. The van der Waals surface area contributed by atoms with Gasteiger partial charge in [0.05, 0.1) is 23.8 Å². The molecule has 1 atom stereocenters. The Balaban J connectivity index is 1.60. The molecule has 2 aliphatic rings. The predicted molar refractivity (Wildman–Crippen MR) is 97.8 cm³/mol. The minimum Gasteiger partial charge on any atom is -0.371 e. The first-order valence-electron chi connectivity index (χ1n) is 9.04. The van der Waals surface area contributed by atoms with E-state index in [1.165, 1.54) is 10.4 Å². The van der Waals surface area contributed by atoms with E-state index < -0.39 is 10.0 Å². The van der Waals surface area contributed by atoms with Gasteiger partial charge in [-0.1, -0.05) is 6.07 Å². The third-order valence-electron chi connectivity index (χ3n) is 5.02. The molecule has 2 aliphatic heterocycles. The fourth-order valence-electron chi connectivity index (χ4n) is 3.46. The number of carbonyl (C=O) groups excluding carboxylic acids is 1. The molecule has 2 aromatic rings. The topological polar surface area (TPSA) is 93.5 Å². The summed E-state index contributed by atoms with van der Waals surface area (Å²) in [4.78, 5) is 12.2. The number of fused-ring (bicyclic) bond motifs is 1. The number of rotatable bonds is 4. The maximum Gasteiger partial charge on any atom is 0.251 e. The Kier molecular flexibility index (Phi) is 4.75. The van der Waals surface area contributed by atoms with Gasteiger partial charge in [-0.25, -0.2) is 8.42 Å². The van der Waals surface area contributed by atoms with Crippen molar-refractivity contribution in [2.75, 3.05) is 26.2 Å². The fraction of sp³-hybridized carbons (Fsp3) is 0.444. The van der Waals surface area contributed by atoms with Crippen LogP contribution in [-0.4, -0.2) is 54.7 Å². The van der Waals surface area contributed by atoms with Crippen LogP contribution in [0.25, 0.3) is 0 Å². The number of nitrogens with one attached hydrogen (secondary N) is 1. The molecule has 0 radical (unpaired) electrons. The molecule has 0 spiro atoms. The van der Waals surface area contributed by atoms with Crippen LogP contribution in [0.2, 0.25) is 0 Å². The fourth-order valence-corrected chi connectivity index (χ4v) is 4.92. The van der Waals surface area contributed by atoms with E-state index in [1.54, 1.807) is 23.0 Å². The number of hydrogen-bond acceptors (Lipinski definition) is 5. The van der Waals surface area contributed by atoms with Crippen molar-refractivity contribution in [3.8, 4) is 0 Å². The maximum absolute atomic E-state index is 13.1. The van der Waals surface area contributed by atoms with Crippen molar-refractivity contribution in [3.05, 3.63) is 47.3 Å². The Labute approximate surface area is 158 Å². The predicted octanol–water partition coefficient (Wildman–Crippen LogP) is 0.951. The van der Waals surface area contributed by atoms with Crippen molar-refractivity contribution < 1.29 is 17.9 Å². The summed E-state index contributed by atoms with van der Waals surface area (Å²) in [6.45, 7) is 4.12. The van der Waals surface area contributed by atoms with Gasteiger partial charge in [0.25, 0.3) is 5.91 Å². The van der Waals surface area contributed by atoms with Crippen LogP contribution in [0.3, 0.4) is 0 Å². The maximum atomic E-state index is 13.1. The van der Waals surface area contributed by atoms with Gasteiger partial charge in [-0.3, -0.25) is 9.48 Å². The lowest BCUT2D eigenvalue weighted by atomic mass is 10.0. The summed E-state index contributed by atoms with van der Waals surface area (Å²) in [7, 11) is -3.71. The van der Waals surface area contributed by atoms with Crippen LogP contribution < -0.4 is 5.32 Å². The lowest BCUT2D eigenvalue weighted by Crippen LogP contribution is -2.42. The molecule has 8 nitrogen and oxygen atoms in total. The normalized spacial score (nSPS) is 20.9. The number of benzene rings is 1. The van der Waals surface area contributed by atoms with Gasteiger partial charge in [-0.15, -0.1) is 0 Å². The molecule has 0 unspecified atom stereocenters. The minimum atomic E-state index is -3.71. The third-order valence-corrected chi connectivity index (χ3v) is 6.88. The number of morpholine rings is 1. The number of amides is 1. The molecule has 1 fully saturated rings. The van der Waals surface area contributed by atoms with E-state index in [2.05, 4.69) is 10.4 Å². The summed E-state index contributed by atoms with van der Waals surface area (Å²) in [6, 6.07) is 4.81. The molecule has 1 aromatic carbocycles. The average Bonchev–Trinajstić information content (AvgIpc) is 3.17. The van der Waals surface area contributed by atoms with Gasteiger partial charge in [-0.05, 0) is 31.0 Å². The van der Waals surface area contributed by atoms with Crippen LogP contribution in [0.4, 0.5) is 0 Å². The number of aromatic nitrogens is 2. The van der Waals surface area contributed by atoms with Crippen molar-refractivity contribution in [2.24, 2.45) is 0 Å². The van der Waals surface area contributed by atoms with E-state index in [-0.39, 0.29) is 30.0 Å². The van der Waals surface area contributed by atoms with Gasteiger partial charge >= 0.3 is 0 Å². The van der Waals surface area contributed by atoms with Crippen LogP contribution in [0.1, 0.15) is 34.5 Å². The smallest absolute Gasteiger partial charge is 0.251 e. The number of nitrogens with zero attached hydrogens (tertiary/aromatic N) is 3. The number of hydrogen-bond donors (Lipinski definition) is 1. The highest BCUT2D eigenvalue weighted by Gasteiger charge is 2.33. The van der Waals surface area contributed by atoms with E-state index in [0.29, 0.717) is 25.1 Å². The standard InChI is InChI=1S/C18H22N4O4S/c1-2-21-11-14(10-20-21)17-12-22(7-8-26-17)27(24,25)15-4-3-13-5-6-19-18(23)16(13)9-15/h3-4,9-11,17H,2,5-8,12H2,1H3,(H,19,23)/t17-/m1/s1. The quantitative estimate of drug-likeness (QED) is 0.839. The molecular weight excluding hydrogens is 368 g/mol. The van der Waals surface area contributed by atoms with Crippen molar-refractivity contribution in [3.63, 3.8) is 0 Å². The molecule has 3 heterocycles. The van der Waals surface area contributed by atoms with Crippen molar-refractivity contribution >= 4 is 15.9 Å². The number of aryl methyl sites for hydroxylation is 1. The molecule has 9 heteroatoms. The third kappa shape index (κ3) is 3.38. The number of sulfonamides is 1. The van der Waals surface area contributed by atoms with Crippen LogP contribution >= 0.6 is 0 Å². The summed E-state index contributed by atoms with van der Waals surface area (Å²) in [5.41, 5.74) is 2.18. The van der Waals surface area contributed by atoms with Gasteiger partial charge in [0.15, 0.2) is 0 Å². The Bertz CT molecular complexity index is 969. The van der Waals surface area contributed by atoms with Gasteiger partial charge in [0, 0.05) is 43.5 Å². The van der Waals surface area contributed by atoms with Gasteiger partial charge in [0.2, 0.25) is 10.0 Å². The lowest BCUT2D eigenvalue weighted by molar-refractivity contribution is -0.00260. The Hall–Kier alpha value is -2.23. The number of ether oxygens (including phenoxy) is 1. The van der Waals surface area contributed by atoms with Crippen molar-refractivity contribution in [1.82, 2.24) is 19.4 Å². The van der Waals surface area contributed by atoms with E-state index in [9.17, 15) is 13.2 Å². The minimum absolute atomic E-state index is 0.142. The Morgan fingerprint density at radius 3 is 3.00 bits per heavy atom. The first-order valence-corrected chi connectivity index (χ1v) is 10.5. The van der Waals surface area contributed by atoms with Gasteiger partial charge < -0.3 is 10.1 Å². The second-order valence-electron chi connectivity index (χ2n) is 6.68. The number of carbonyl (C=O) groups is 1. The monoisotopic (exact) mass is 390 g/mol. The van der Waals surface area contributed by atoms with Crippen LogP contribution in [0, 0.1) is 0 Å². The van der Waals surface area contributed by atoms with Gasteiger partial charge in [0.1, 0.15) is 0 Å². The van der Waals surface area contributed by atoms with E-state index in [4.69, 9.17) is 4.74 Å². The second-order valence-corrected chi connectivity index (χ2v) is 8.61. The van der Waals surface area contributed by atoms with E-state index in [1.807, 2.05) is 13.1 Å². The molecule has 1 N–H and O–H groups in total. The summed E-state index contributed by atoms with van der Waals surface area (Å²) in [5, 5.41) is 6.99. The Morgan fingerprint density at radius 1 is 1.37 bits per heavy atom. The molecule has 4 rings (SSSR count). The highest BCUT2D eigenvalue weighted by molar-refractivity contribution is 7.89.